The second kappa shape index (κ2) is 9.20. The number of pyridine rings is 1. The summed E-state index contributed by atoms with van der Waals surface area (Å²) in [5, 5.41) is 8.79. The summed E-state index contributed by atoms with van der Waals surface area (Å²) >= 11 is 10.8. The maximum Gasteiger partial charge on any atom is 0.226 e. The van der Waals surface area contributed by atoms with Crippen LogP contribution in [0.15, 0.2) is 64.6 Å². The molecule has 154 valence electrons. The van der Waals surface area contributed by atoms with Crippen molar-refractivity contribution in [2.45, 2.75) is 18.5 Å². The maximum absolute atomic E-state index is 13.1. The van der Waals surface area contributed by atoms with E-state index in [0.717, 1.165) is 15.0 Å². The Kier molecular flexibility index (Phi) is 6.40. The van der Waals surface area contributed by atoms with E-state index in [4.69, 9.17) is 12.2 Å². The molecular formula is C21H18BrFN4OS2. The summed E-state index contributed by atoms with van der Waals surface area (Å²) in [5.74, 6) is -0.496. The number of aromatic nitrogens is 1. The molecule has 2 atom stereocenters. The standard InChI is InChI=1S/C21H18BrFN4OS2/c22-13-11-17(30-12-13)20-19(16-3-1-2-9-24-16)26-21(29)27(20)10-8-18(28)25-15-6-4-14(23)5-7-15/h1-7,9,11-12,19-20H,8,10H2,(H,25,28)(H,26,29)/t19-,20+/m1/s1. The Hall–Kier alpha value is -2.36. The molecule has 1 aliphatic rings. The molecule has 1 saturated heterocycles. The number of carbonyl (C=O) groups is 1. The molecule has 0 bridgehead atoms. The molecule has 3 heterocycles. The Balaban J connectivity index is 1.51. The van der Waals surface area contributed by atoms with Crippen LogP contribution in [0.4, 0.5) is 10.1 Å². The van der Waals surface area contributed by atoms with Gasteiger partial charge in [0.05, 0.1) is 17.8 Å². The van der Waals surface area contributed by atoms with Crippen LogP contribution >= 0.6 is 39.5 Å². The van der Waals surface area contributed by atoms with Gasteiger partial charge < -0.3 is 15.5 Å². The van der Waals surface area contributed by atoms with E-state index in [2.05, 4.69) is 37.6 Å². The molecule has 4 rings (SSSR count). The molecule has 2 N–H and O–H groups in total. The largest absolute Gasteiger partial charge is 0.352 e. The third-order valence-electron chi connectivity index (χ3n) is 4.78. The van der Waals surface area contributed by atoms with Crippen molar-refractivity contribution in [3.63, 3.8) is 0 Å². The molecule has 2 aromatic heterocycles. The van der Waals surface area contributed by atoms with Crippen molar-refractivity contribution in [2.75, 3.05) is 11.9 Å². The van der Waals surface area contributed by atoms with Gasteiger partial charge in [-0.25, -0.2) is 4.39 Å². The van der Waals surface area contributed by atoms with Gasteiger partial charge in [0.1, 0.15) is 5.82 Å². The highest BCUT2D eigenvalue weighted by molar-refractivity contribution is 9.10. The van der Waals surface area contributed by atoms with Crippen LogP contribution in [0.2, 0.25) is 0 Å². The van der Waals surface area contributed by atoms with Crippen LogP contribution in [0.1, 0.15) is 29.1 Å². The molecule has 0 spiro atoms. The van der Waals surface area contributed by atoms with Gasteiger partial charge in [-0.05, 0) is 70.6 Å². The van der Waals surface area contributed by atoms with Crippen molar-refractivity contribution in [2.24, 2.45) is 0 Å². The van der Waals surface area contributed by atoms with Crippen molar-refractivity contribution in [1.29, 1.82) is 0 Å². The first-order chi connectivity index (χ1) is 14.5. The highest BCUT2D eigenvalue weighted by Gasteiger charge is 2.40. The van der Waals surface area contributed by atoms with Crippen LogP contribution in [0.3, 0.4) is 0 Å². The average Bonchev–Trinajstić information content (AvgIpc) is 3.31. The summed E-state index contributed by atoms with van der Waals surface area (Å²) < 4.78 is 14.1. The van der Waals surface area contributed by atoms with E-state index in [9.17, 15) is 9.18 Å². The molecule has 1 amide bonds. The van der Waals surface area contributed by atoms with E-state index < -0.39 is 0 Å². The Morgan fingerprint density at radius 1 is 1.30 bits per heavy atom. The molecule has 1 aliphatic heterocycles. The van der Waals surface area contributed by atoms with Crippen LogP contribution in [-0.2, 0) is 4.79 Å². The number of thiocarbonyl (C=S) groups is 1. The summed E-state index contributed by atoms with van der Waals surface area (Å²) in [6.45, 7) is 0.447. The lowest BCUT2D eigenvalue weighted by Gasteiger charge is -2.26. The van der Waals surface area contributed by atoms with E-state index in [1.54, 1.807) is 29.7 Å². The van der Waals surface area contributed by atoms with Crippen molar-refractivity contribution in [3.8, 4) is 0 Å². The minimum absolute atomic E-state index is 0.0673. The lowest BCUT2D eigenvalue weighted by atomic mass is 10.0. The summed E-state index contributed by atoms with van der Waals surface area (Å²) in [6, 6.07) is 13.4. The third-order valence-corrected chi connectivity index (χ3v) is 6.90. The zero-order chi connectivity index (χ0) is 21.1. The third kappa shape index (κ3) is 4.69. The van der Waals surface area contributed by atoms with E-state index in [1.165, 1.54) is 12.1 Å². The Morgan fingerprint density at radius 3 is 2.77 bits per heavy atom. The van der Waals surface area contributed by atoms with Gasteiger partial charge in [0, 0.05) is 39.6 Å². The molecule has 0 radical (unpaired) electrons. The number of anilines is 1. The van der Waals surface area contributed by atoms with Gasteiger partial charge in [0.25, 0.3) is 0 Å². The van der Waals surface area contributed by atoms with Crippen LogP contribution in [0, 0.1) is 5.82 Å². The number of halogens is 2. The summed E-state index contributed by atoms with van der Waals surface area (Å²) in [6.07, 6.45) is 2.01. The minimum Gasteiger partial charge on any atom is -0.352 e. The fourth-order valence-corrected chi connectivity index (χ4v) is 5.34. The molecule has 5 nitrogen and oxygen atoms in total. The number of thiophene rings is 1. The molecule has 9 heteroatoms. The monoisotopic (exact) mass is 504 g/mol. The normalized spacial score (nSPS) is 18.3. The first-order valence-corrected chi connectivity index (χ1v) is 11.4. The van der Waals surface area contributed by atoms with Crippen molar-refractivity contribution in [1.82, 2.24) is 15.2 Å². The number of rotatable bonds is 6. The molecular weight excluding hydrogens is 487 g/mol. The van der Waals surface area contributed by atoms with Gasteiger partial charge in [-0.3, -0.25) is 9.78 Å². The van der Waals surface area contributed by atoms with Crippen LogP contribution < -0.4 is 10.6 Å². The second-order valence-electron chi connectivity index (χ2n) is 6.79. The Morgan fingerprint density at radius 2 is 2.10 bits per heavy atom. The molecule has 0 saturated carbocycles. The van der Waals surface area contributed by atoms with Crippen molar-refractivity contribution in [3.05, 3.63) is 81.0 Å². The zero-order valence-corrected chi connectivity index (χ0v) is 18.9. The molecule has 1 aromatic carbocycles. The van der Waals surface area contributed by atoms with E-state index in [1.807, 2.05) is 28.5 Å². The van der Waals surface area contributed by atoms with Crippen LogP contribution in [0.5, 0.6) is 0 Å². The predicted molar refractivity (Wildman–Crippen MR) is 124 cm³/mol. The molecule has 0 unspecified atom stereocenters. The molecule has 0 aliphatic carbocycles. The van der Waals surface area contributed by atoms with Gasteiger partial charge in [-0.2, -0.15) is 0 Å². The number of carbonyl (C=O) groups excluding carboxylic acids is 1. The zero-order valence-electron chi connectivity index (χ0n) is 15.7. The van der Waals surface area contributed by atoms with Crippen LogP contribution in [0.25, 0.3) is 0 Å². The lowest BCUT2D eigenvalue weighted by Crippen LogP contribution is -2.32. The predicted octanol–water partition coefficient (Wildman–Crippen LogP) is 5.05. The van der Waals surface area contributed by atoms with Crippen LogP contribution in [-0.4, -0.2) is 27.4 Å². The van der Waals surface area contributed by atoms with E-state index in [-0.39, 0.29) is 30.2 Å². The average molecular weight is 505 g/mol. The fraction of sp³-hybridized carbons (Fsp3) is 0.190. The number of nitrogens with zero attached hydrogens (tertiary/aromatic N) is 2. The summed E-state index contributed by atoms with van der Waals surface area (Å²) in [4.78, 5) is 20.1. The van der Waals surface area contributed by atoms with E-state index in [0.29, 0.717) is 17.3 Å². The fourth-order valence-electron chi connectivity index (χ4n) is 3.42. The SMILES string of the molecule is O=C(CCN1C(=S)N[C@H](c2ccccn2)[C@@H]1c1cc(Br)cs1)Nc1ccc(F)cc1. The highest BCUT2D eigenvalue weighted by Crippen LogP contribution is 2.41. The highest BCUT2D eigenvalue weighted by atomic mass is 79.9. The lowest BCUT2D eigenvalue weighted by molar-refractivity contribution is -0.116. The second-order valence-corrected chi connectivity index (χ2v) is 9.04. The molecule has 1 fully saturated rings. The van der Waals surface area contributed by atoms with Gasteiger partial charge >= 0.3 is 0 Å². The number of hydrogen-bond donors (Lipinski definition) is 2. The van der Waals surface area contributed by atoms with Gasteiger partial charge in [-0.15, -0.1) is 11.3 Å². The number of benzene rings is 1. The van der Waals surface area contributed by atoms with Gasteiger partial charge in [-0.1, -0.05) is 6.07 Å². The summed E-state index contributed by atoms with van der Waals surface area (Å²) in [7, 11) is 0. The maximum atomic E-state index is 13.1. The van der Waals surface area contributed by atoms with Crippen molar-refractivity contribution < 1.29 is 9.18 Å². The number of amides is 1. The topological polar surface area (TPSA) is 57.3 Å². The van der Waals surface area contributed by atoms with E-state index >= 15 is 0 Å². The Bertz CT molecular complexity index is 1040. The van der Waals surface area contributed by atoms with Gasteiger partial charge in [0.15, 0.2) is 5.11 Å². The quantitative estimate of drug-likeness (QED) is 0.460. The van der Waals surface area contributed by atoms with Gasteiger partial charge in [0.2, 0.25) is 5.91 Å². The first kappa shape index (κ1) is 20.9. The number of hydrogen-bond acceptors (Lipinski definition) is 4. The van der Waals surface area contributed by atoms with Crippen molar-refractivity contribution >= 4 is 56.2 Å². The first-order valence-electron chi connectivity index (χ1n) is 9.28. The number of nitrogens with one attached hydrogen (secondary N) is 2. The Labute approximate surface area is 191 Å². The molecule has 3 aromatic rings. The molecule has 30 heavy (non-hydrogen) atoms. The summed E-state index contributed by atoms with van der Waals surface area (Å²) in [5.41, 5.74) is 1.46. The minimum atomic E-state index is -0.341. The smallest absolute Gasteiger partial charge is 0.226 e.